The Morgan fingerprint density at radius 2 is 1.98 bits per heavy atom. The minimum atomic E-state index is -0.0553. The summed E-state index contributed by atoms with van der Waals surface area (Å²) in [5.41, 5.74) is 9.54. The molecule has 1 fully saturated rings. The van der Waals surface area contributed by atoms with Crippen LogP contribution in [-0.2, 0) is 17.8 Å². The molecule has 0 saturated carbocycles. The lowest BCUT2D eigenvalue weighted by Crippen LogP contribution is -2.37. The van der Waals surface area contributed by atoms with Crippen LogP contribution in [0, 0.1) is 12.3 Å². The molecule has 1 saturated heterocycles. The first-order chi connectivity index (χ1) is 19.9. The zero-order valence-corrected chi connectivity index (χ0v) is 27.6. The van der Waals surface area contributed by atoms with Gasteiger partial charge in [0.1, 0.15) is 12.4 Å². The van der Waals surface area contributed by atoms with E-state index in [1.54, 1.807) is 4.90 Å². The van der Waals surface area contributed by atoms with Crippen molar-refractivity contribution in [3.8, 4) is 18.4 Å². The number of rotatable bonds is 8. The number of likely N-dealkylation sites (N-methyl/N-ethyl adjacent to an activating group) is 2. The first kappa shape index (κ1) is 35.8. The van der Waals surface area contributed by atoms with E-state index in [9.17, 15) is 4.79 Å². The number of nitrogens with zero attached hydrogens (tertiary/aromatic N) is 5. The highest BCUT2D eigenvalue weighted by molar-refractivity contribution is 7.59. The Morgan fingerprint density at radius 3 is 2.65 bits per heavy atom. The number of nitrogen functional groups attached to an aromatic ring is 1. The molecule has 0 aliphatic carbocycles. The van der Waals surface area contributed by atoms with Crippen molar-refractivity contribution in [3.63, 3.8) is 0 Å². The predicted molar refractivity (Wildman–Crippen MR) is 188 cm³/mol. The van der Waals surface area contributed by atoms with Crippen molar-refractivity contribution in [2.24, 2.45) is 0 Å². The molecule has 10 heteroatoms. The number of carbonyl (C=O) groups is 1. The number of ether oxygens (including phenoxy) is 1. The molecule has 3 aromatic rings. The second kappa shape index (κ2) is 17.0. The molecule has 232 valence electrons. The van der Waals surface area contributed by atoms with Crippen LogP contribution in [0.25, 0.3) is 10.8 Å². The van der Waals surface area contributed by atoms with E-state index >= 15 is 0 Å². The number of anilines is 2. The standard InChI is InChI=1S/C23H27N5O.C10H15NO.2H2S/c1-27-12-5-8-17(27)15-29-23-25-20-14-28(13-11-19(20)22(24)26-23)21-10-4-7-16-6-2-3-9-18(16)21;1-5-8-9(4)11(7-3)10(12)6-2;;/h2-4,6-7,9-10,17H,5,8,11-15H2,1H3,(H2,24,25,26);1,6,9H,2,7-8H2,3-4H3;2*1H2/t17-;9-;;/m01../s1. The van der Waals surface area contributed by atoms with Crippen molar-refractivity contribution in [1.82, 2.24) is 19.8 Å². The molecular weight excluding hydrogens is 577 g/mol. The Kier molecular flexibility index (Phi) is 14.2. The maximum absolute atomic E-state index is 11.2. The van der Waals surface area contributed by atoms with E-state index in [-0.39, 0.29) is 38.9 Å². The van der Waals surface area contributed by atoms with Crippen molar-refractivity contribution in [2.45, 2.75) is 58.2 Å². The lowest BCUT2D eigenvalue weighted by atomic mass is 10.0. The van der Waals surface area contributed by atoms with Crippen LogP contribution in [0.5, 0.6) is 6.01 Å². The van der Waals surface area contributed by atoms with Crippen LogP contribution in [0.2, 0.25) is 0 Å². The monoisotopic (exact) mass is 622 g/mol. The first-order valence-corrected chi connectivity index (χ1v) is 14.4. The molecule has 0 spiro atoms. The number of benzene rings is 2. The zero-order valence-electron chi connectivity index (χ0n) is 25.6. The molecule has 0 bridgehead atoms. The van der Waals surface area contributed by atoms with E-state index in [0.717, 1.165) is 43.7 Å². The van der Waals surface area contributed by atoms with Crippen LogP contribution in [0.3, 0.4) is 0 Å². The van der Waals surface area contributed by atoms with Crippen LogP contribution in [0.1, 0.15) is 44.4 Å². The Morgan fingerprint density at radius 1 is 1.23 bits per heavy atom. The average molecular weight is 623 g/mol. The number of terminal acetylenes is 1. The first-order valence-electron chi connectivity index (χ1n) is 14.4. The Bertz CT molecular complexity index is 1410. The van der Waals surface area contributed by atoms with E-state index in [1.807, 2.05) is 13.8 Å². The van der Waals surface area contributed by atoms with Gasteiger partial charge in [0, 0.05) is 48.2 Å². The Labute approximate surface area is 270 Å². The van der Waals surface area contributed by atoms with E-state index in [1.165, 1.54) is 29.0 Å². The highest BCUT2D eigenvalue weighted by Gasteiger charge is 2.25. The summed E-state index contributed by atoms with van der Waals surface area (Å²) in [7, 11) is 2.14. The van der Waals surface area contributed by atoms with Crippen molar-refractivity contribution in [2.75, 3.05) is 43.9 Å². The van der Waals surface area contributed by atoms with Gasteiger partial charge in [-0.05, 0) is 64.2 Å². The maximum Gasteiger partial charge on any atom is 0.318 e. The van der Waals surface area contributed by atoms with Gasteiger partial charge < -0.3 is 25.2 Å². The third-order valence-corrected chi connectivity index (χ3v) is 8.00. The van der Waals surface area contributed by atoms with Gasteiger partial charge in [0.05, 0.1) is 12.2 Å². The predicted octanol–water partition coefficient (Wildman–Crippen LogP) is 4.91. The van der Waals surface area contributed by atoms with Gasteiger partial charge in [-0.15, -0.1) is 12.3 Å². The van der Waals surface area contributed by atoms with Crippen LogP contribution >= 0.6 is 27.0 Å². The molecule has 0 radical (unpaired) electrons. The highest BCUT2D eigenvalue weighted by Crippen LogP contribution is 2.32. The second-order valence-corrected chi connectivity index (χ2v) is 10.7. The van der Waals surface area contributed by atoms with E-state index in [0.29, 0.717) is 37.4 Å². The van der Waals surface area contributed by atoms with Gasteiger partial charge in [-0.1, -0.05) is 43.0 Å². The van der Waals surface area contributed by atoms with Crippen molar-refractivity contribution < 1.29 is 9.53 Å². The zero-order chi connectivity index (χ0) is 29.4. The molecule has 5 rings (SSSR count). The molecule has 1 aromatic heterocycles. The van der Waals surface area contributed by atoms with Gasteiger partial charge in [0.25, 0.3) is 0 Å². The summed E-state index contributed by atoms with van der Waals surface area (Å²) in [5, 5.41) is 2.52. The van der Waals surface area contributed by atoms with Gasteiger partial charge in [0.2, 0.25) is 5.91 Å². The number of amides is 1. The third-order valence-electron chi connectivity index (χ3n) is 8.00. The summed E-state index contributed by atoms with van der Waals surface area (Å²) in [4.78, 5) is 26.8. The molecule has 43 heavy (non-hydrogen) atoms. The number of hydrogen-bond donors (Lipinski definition) is 1. The average Bonchev–Trinajstić information content (AvgIpc) is 3.40. The molecule has 3 heterocycles. The molecule has 2 atom stereocenters. The molecule has 2 aliphatic rings. The lowest BCUT2D eigenvalue weighted by Gasteiger charge is -2.31. The number of hydrogen-bond acceptors (Lipinski definition) is 7. The SMILES string of the molecule is C#CC[C@@H](C)N(CC)C(=O)C=C.CN1CCC[C@H]1COc1nc(N)c2c(n1)CN(c1cccc3ccccc13)CC2.S.S. The smallest absolute Gasteiger partial charge is 0.318 e. The lowest BCUT2D eigenvalue weighted by molar-refractivity contribution is -0.127. The van der Waals surface area contributed by atoms with Gasteiger partial charge in [0.15, 0.2) is 0 Å². The van der Waals surface area contributed by atoms with E-state index < -0.39 is 0 Å². The number of carbonyl (C=O) groups excluding carboxylic acids is 1. The van der Waals surface area contributed by atoms with E-state index in [4.69, 9.17) is 21.9 Å². The van der Waals surface area contributed by atoms with Crippen LogP contribution in [0.4, 0.5) is 11.5 Å². The van der Waals surface area contributed by atoms with Crippen LogP contribution < -0.4 is 15.4 Å². The number of fused-ring (bicyclic) bond motifs is 2. The van der Waals surface area contributed by atoms with Gasteiger partial charge in [-0.25, -0.2) is 0 Å². The third kappa shape index (κ3) is 8.82. The second-order valence-electron chi connectivity index (χ2n) is 10.7. The molecule has 2 N–H and O–H groups in total. The Hall–Kier alpha value is -3.39. The minimum Gasteiger partial charge on any atom is -0.462 e. The van der Waals surface area contributed by atoms with E-state index in [2.05, 4.69) is 76.8 Å². The molecule has 2 aromatic carbocycles. The molecular formula is C33H46N6O2S2. The summed E-state index contributed by atoms with van der Waals surface area (Å²) in [6, 6.07) is 15.9. The normalized spacial score (nSPS) is 16.3. The summed E-state index contributed by atoms with van der Waals surface area (Å²) in [6.07, 6.45) is 10.3. The Balaban J connectivity index is 0.000000398. The fraction of sp³-hybridized carbons (Fsp3) is 0.424. The van der Waals surface area contributed by atoms with Crippen molar-refractivity contribution in [1.29, 1.82) is 0 Å². The quantitative estimate of drug-likeness (QED) is 0.282. The van der Waals surface area contributed by atoms with Gasteiger partial charge in [-0.3, -0.25) is 4.79 Å². The minimum absolute atomic E-state index is 0. The number of aromatic nitrogens is 2. The molecule has 1 amide bonds. The summed E-state index contributed by atoms with van der Waals surface area (Å²) >= 11 is 0. The van der Waals surface area contributed by atoms with Crippen molar-refractivity contribution in [3.05, 3.63) is 66.4 Å². The maximum atomic E-state index is 11.2. The van der Waals surface area contributed by atoms with Crippen molar-refractivity contribution >= 4 is 55.2 Å². The van der Waals surface area contributed by atoms with Crippen LogP contribution in [0.15, 0.2) is 55.1 Å². The fourth-order valence-corrected chi connectivity index (χ4v) is 5.63. The topological polar surface area (TPSA) is 87.8 Å². The molecule has 2 aliphatic heterocycles. The molecule has 0 unspecified atom stereocenters. The largest absolute Gasteiger partial charge is 0.462 e. The highest BCUT2D eigenvalue weighted by atomic mass is 32.1. The number of likely N-dealkylation sites (tertiary alicyclic amines) is 1. The van der Waals surface area contributed by atoms with Gasteiger partial charge >= 0.3 is 6.01 Å². The fourth-order valence-electron chi connectivity index (χ4n) is 5.63. The number of nitrogens with two attached hydrogens (primary N) is 1. The van der Waals surface area contributed by atoms with Crippen LogP contribution in [-0.4, -0.2) is 71.0 Å². The van der Waals surface area contributed by atoms with Gasteiger partial charge in [-0.2, -0.15) is 37.0 Å². The summed E-state index contributed by atoms with van der Waals surface area (Å²) in [5.74, 6) is 3.04. The summed E-state index contributed by atoms with van der Waals surface area (Å²) in [6.45, 7) is 11.3. The summed E-state index contributed by atoms with van der Waals surface area (Å²) < 4.78 is 5.96. The molecule has 8 nitrogen and oxygen atoms in total.